The molecule has 116 valence electrons. The molecular formula is C16H22ClNO3. The second-order valence-electron chi connectivity index (χ2n) is 5.42. The molecule has 1 N–H and O–H groups in total. The van der Waals surface area contributed by atoms with Gasteiger partial charge in [-0.3, -0.25) is 4.79 Å². The fourth-order valence-corrected chi connectivity index (χ4v) is 2.80. The van der Waals surface area contributed by atoms with E-state index in [1.807, 2.05) is 24.3 Å². The number of carbonyl (C=O) groups is 1. The van der Waals surface area contributed by atoms with E-state index >= 15 is 0 Å². The first-order valence-corrected chi connectivity index (χ1v) is 7.78. The number of rotatable bonds is 6. The number of alkyl halides is 1. The lowest BCUT2D eigenvalue weighted by Crippen LogP contribution is -2.53. The number of nitrogens with one attached hydrogen (secondary N) is 1. The van der Waals surface area contributed by atoms with Gasteiger partial charge in [0.25, 0.3) is 0 Å². The van der Waals surface area contributed by atoms with Gasteiger partial charge in [0.05, 0.1) is 12.6 Å². The lowest BCUT2D eigenvalue weighted by Gasteiger charge is -2.36. The molecule has 1 aliphatic heterocycles. The van der Waals surface area contributed by atoms with Crippen LogP contribution in [0.25, 0.3) is 0 Å². The molecule has 1 saturated heterocycles. The molecule has 0 radical (unpaired) electrons. The number of amides is 1. The molecule has 0 aliphatic carbocycles. The molecule has 1 fully saturated rings. The Kier molecular flexibility index (Phi) is 5.88. The SMILES string of the molecule is COc1ccc(CCC(=O)NC2(CCl)CCOCC2)cc1. The van der Waals surface area contributed by atoms with Crippen LogP contribution in [0.2, 0.25) is 0 Å². The van der Waals surface area contributed by atoms with E-state index in [1.54, 1.807) is 7.11 Å². The lowest BCUT2D eigenvalue weighted by molar-refractivity contribution is -0.123. The number of carbonyl (C=O) groups excluding carboxylic acids is 1. The minimum Gasteiger partial charge on any atom is -0.497 e. The van der Waals surface area contributed by atoms with Gasteiger partial charge < -0.3 is 14.8 Å². The number of hydrogen-bond donors (Lipinski definition) is 1. The van der Waals surface area contributed by atoms with Crippen LogP contribution in [0.15, 0.2) is 24.3 Å². The summed E-state index contributed by atoms with van der Waals surface area (Å²) >= 11 is 6.05. The molecule has 1 aliphatic rings. The quantitative estimate of drug-likeness (QED) is 0.821. The molecule has 0 spiro atoms. The maximum atomic E-state index is 12.1. The van der Waals surface area contributed by atoms with E-state index in [0.717, 1.165) is 24.2 Å². The van der Waals surface area contributed by atoms with Crippen LogP contribution in [0.4, 0.5) is 0 Å². The summed E-state index contributed by atoms with van der Waals surface area (Å²) in [5.74, 6) is 1.31. The number of aryl methyl sites for hydroxylation is 1. The smallest absolute Gasteiger partial charge is 0.220 e. The zero-order valence-electron chi connectivity index (χ0n) is 12.4. The highest BCUT2D eigenvalue weighted by molar-refractivity contribution is 6.18. The third kappa shape index (κ3) is 4.61. The summed E-state index contributed by atoms with van der Waals surface area (Å²) in [6, 6.07) is 7.79. The summed E-state index contributed by atoms with van der Waals surface area (Å²) < 4.78 is 10.5. The molecule has 1 aromatic rings. The van der Waals surface area contributed by atoms with Crippen LogP contribution >= 0.6 is 11.6 Å². The standard InChI is InChI=1S/C16H22ClNO3/c1-20-14-5-2-13(3-6-14)4-7-15(19)18-16(12-17)8-10-21-11-9-16/h2-3,5-6H,4,7-12H2,1H3,(H,18,19). The average Bonchev–Trinajstić information content (AvgIpc) is 2.54. The first kappa shape index (κ1) is 16.1. The molecular weight excluding hydrogens is 290 g/mol. The van der Waals surface area contributed by atoms with Crippen molar-refractivity contribution in [2.75, 3.05) is 26.2 Å². The molecule has 4 nitrogen and oxygen atoms in total. The molecule has 0 aromatic heterocycles. The molecule has 1 aromatic carbocycles. The van der Waals surface area contributed by atoms with Crippen molar-refractivity contribution < 1.29 is 14.3 Å². The van der Waals surface area contributed by atoms with Gasteiger partial charge in [0, 0.05) is 25.5 Å². The van der Waals surface area contributed by atoms with E-state index in [-0.39, 0.29) is 11.4 Å². The summed E-state index contributed by atoms with van der Waals surface area (Å²) in [4.78, 5) is 12.1. The van der Waals surface area contributed by atoms with E-state index in [4.69, 9.17) is 21.1 Å². The van der Waals surface area contributed by atoms with Crippen molar-refractivity contribution in [1.29, 1.82) is 0 Å². The molecule has 1 amide bonds. The minimum atomic E-state index is -0.295. The Hall–Kier alpha value is -1.26. The number of methoxy groups -OCH3 is 1. The predicted octanol–water partition coefficient (Wildman–Crippen LogP) is 2.53. The van der Waals surface area contributed by atoms with Crippen LogP contribution in [0.1, 0.15) is 24.8 Å². The van der Waals surface area contributed by atoms with E-state index in [2.05, 4.69) is 5.32 Å². The van der Waals surface area contributed by atoms with E-state index < -0.39 is 0 Å². The normalized spacial score (nSPS) is 17.2. The highest BCUT2D eigenvalue weighted by atomic mass is 35.5. The van der Waals surface area contributed by atoms with Crippen LogP contribution in [-0.4, -0.2) is 37.6 Å². The van der Waals surface area contributed by atoms with E-state index in [1.165, 1.54) is 0 Å². The first-order valence-electron chi connectivity index (χ1n) is 7.25. The van der Waals surface area contributed by atoms with Crippen molar-refractivity contribution in [2.45, 2.75) is 31.2 Å². The maximum Gasteiger partial charge on any atom is 0.220 e. The summed E-state index contributed by atoms with van der Waals surface area (Å²) in [6.07, 6.45) is 2.74. The van der Waals surface area contributed by atoms with Crippen molar-refractivity contribution in [3.63, 3.8) is 0 Å². The number of halogens is 1. The Bertz CT molecular complexity index is 455. The number of benzene rings is 1. The summed E-state index contributed by atoms with van der Waals surface area (Å²) in [6.45, 7) is 1.32. The van der Waals surface area contributed by atoms with Gasteiger partial charge in [0.2, 0.25) is 5.91 Å². The van der Waals surface area contributed by atoms with E-state index in [9.17, 15) is 4.79 Å². The van der Waals surface area contributed by atoms with Gasteiger partial charge in [-0.2, -0.15) is 0 Å². The van der Waals surface area contributed by atoms with Crippen LogP contribution < -0.4 is 10.1 Å². The lowest BCUT2D eigenvalue weighted by atomic mass is 9.92. The molecule has 0 saturated carbocycles. The molecule has 2 rings (SSSR count). The van der Waals surface area contributed by atoms with Crippen molar-refractivity contribution in [2.24, 2.45) is 0 Å². The monoisotopic (exact) mass is 311 g/mol. The molecule has 21 heavy (non-hydrogen) atoms. The van der Waals surface area contributed by atoms with Crippen molar-refractivity contribution >= 4 is 17.5 Å². The van der Waals surface area contributed by atoms with Gasteiger partial charge in [-0.15, -0.1) is 11.6 Å². The predicted molar refractivity (Wildman–Crippen MR) is 83.0 cm³/mol. The Morgan fingerprint density at radius 1 is 1.33 bits per heavy atom. The van der Waals surface area contributed by atoms with Gasteiger partial charge in [0.15, 0.2) is 0 Å². The Morgan fingerprint density at radius 2 is 2.00 bits per heavy atom. The van der Waals surface area contributed by atoms with Gasteiger partial charge in [-0.25, -0.2) is 0 Å². The largest absolute Gasteiger partial charge is 0.497 e. The average molecular weight is 312 g/mol. The number of hydrogen-bond acceptors (Lipinski definition) is 3. The molecule has 1 heterocycles. The first-order chi connectivity index (χ1) is 10.2. The zero-order valence-corrected chi connectivity index (χ0v) is 13.1. The van der Waals surface area contributed by atoms with Crippen LogP contribution in [0.3, 0.4) is 0 Å². The van der Waals surface area contributed by atoms with Gasteiger partial charge >= 0.3 is 0 Å². The fraction of sp³-hybridized carbons (Fsp3) is 0.562. The second-order valence-corrected chi connectivity index (χ2v) is 5.69. The maximum absolute atomic E-state index is 12.1. The highest BCUT2D eigenvalue weighted by Gasteiger charge is 2.33. The Balaban J connectivity index is 1.83. The molecule has 5 heteroatoms. The van der Waals surface area contributed by atoms with Gasteiger partial charge in [0.1, 0.15) is 5.75 Å². The summed E-state index contributed by atoms with van der Waals surface area (Å²) in [7, 11) is 1.64. The van der Waals surface area contributed by atoms with Crippen molar-refractivity contribution in [3.8, 4) is 5.75 Å². The van der Waals surface area contributed by atoms with Crippen LogP contribution in [0.5, 0.6) is 5.75 Å². The van der Waals surface area contributed by atoms with Crippen LogP contribution in [0, 0.1) is 0 Å². The third-order valence-corrected chi connectivity index (χ3v) is 4.42. The van der Waals surface area contributed by atoms with Crippen LogP contribution in [-0.2, 0) is 16.0 Å². The summed E-state index contributed by atoms with van der Waals surface area (Å²) in [5, 5.41) is 3.10. The van der Waals surface area contributed by atoms with Crippen molar-refractivity contribution in [1.82, 2.24) is 5.32 Å². The fourth-order valence-electron chi connectivity index (χ4n) is 2.46. The zero-order chi connectivity index (χ0) is 15.1. The molecule has 0 atom stereocenters. The Morgan fingerprint density at radius 3 is 2.57 bits per heavy atom. The van der Waals surface area contributed by atoms with Crippen molar-refractivity contribution in [3.05, 3.63) is 29.8 Å². The van der Waals surface area contributed by atoms with E-state index in [0.29, 0.717) is 31.9 Å². The Labute approximate surface area is 130 Å². The second kappa shape index (κ2) is 7.66. The topological polar surface area (TPSA) is 47.6 Å². The van der Waals surface area contributed by atoms with Gasteiger partial charge in [-0.05, 0) is 37.0 Å². The molecule has 0 bridgehead atoms. The molecule has 0 unspecified atom stereocenters. The third-order valence-electron chi connectivity index (χ3n) is 3.91. The highest BCUT2D eigenvalue weighted by Crippen LogP contribution is 2.22. The minimum absolute atomic E-state index is 0.0494. The number of ether oxygens (including phenoxy) is 2. The van der Waals surface area contributed by atoms with Gasteiger partial charge in [-0.1, -0.05) is 12.1 Å². The summed E-state index contributed by atoms with van der Waals surface area (Å²) in [5.41, 5.74) is 0.828.